The van der Waals surface area contributed by atoms with Gasteiger partial charge >= 0.3 is 0 Å². The summed E-state index contributed by atoms with van der Waals surface area (Å²) in [6.45, 7) is 9.31. The Labute approximate surface area is 137 Å². The molecule has 0 amide bonds. The van der Waals surface area contributed by atoms with Gasteiger partial charge in [-0.3, -0.25) is 4.90 Å². The lowest BCUT2D eigenvalue weighted by molar-refractivity contribution is 0.134. The number of rotatable bonds is 5. The van der Waals surface area contributed by atoms with Crippen molar-refractivity contribution >= 4 is 15.9 Å². The number of piperidine rings is 1. The van der Waals surface area contributed by atoms with E-state index in [-0.39, 0.29) is 0 Å². The van der Waals surface area contributed by atoms with Gasteiger partial charge in [0.15, 0.2) is 0 Å². The molecule has 2 aliphatic rings. The number of halogens is 1. The summed E-state index contributed by atoms with van der Waals surface area (Å²) < 4.78 is 1.27. The van der Waals surface area contributed by atoms with Crippen LogP contribution in [-0.4, -0.2) is 24.0 Å². The Hall–Kier alpha value is -0.380. The fourth-order valence-electron chi connectivity index (χ4n) is 3.54. The quantitative estimate of drug-likeness (QED) is 0.856. The minimum Gasteiger partial charge on any atom is -0.310 e. The molecule has 0 radical (unpaired) electrons. The van der Waals surface area contributed by atoms with E-state index in [9.17, 15) is 0 Å². The smallest absolute Gasteiger partial charge is 0.0245 e. The van der Waals surface area contributed by atoms with Crippen molar-refractivity contribution in [2.45, 2.75) is 52.2 Å². The number of nitrogens with one attached hydrogen (secondary N) is 1. The number of hydrogen-bond donors (Lipinski definition) is 1. The van der Waals surface area contributed by atoms with E-state index in [0.717, 1.165) is 31.0 Å². The third kappa shape index (κ3) is 4.54. The van der Waals surface area contributed by atoms with Crippen LogP contribution in [0.1, 0.15) is 44.2 Å². The van der Waals surface area contributed by atoms with Gasteiger partial charge in [0.25, 0.3) is 0 Å². The third-order valence-electron chi connectivity index (χ3n) is 4.63. The van der Waals surface area contributed by atoms with E-state index in [1.54, 1.807) is 0 Å². The van der Waals surface area contributed by atoms with Crippen LogP contribution in [0, 0.1) is 11.8 Å². The molecule has 2 fully saturated rings. The minimum absolute atomic E-state index is 0.778. The van der Waals surface area contributed by atoms with Crippen molar-refractivity contribution in [3.8, 4) is 0 Å². The second-order valence-electron chi connectivity index (χ2n) is 7.22. The number of likely N-dealkylation sites (tertiary alicyclic amines) is 1. The first-order valence-corrected chi connectivity index (χ1v) is 9.12. The third-order valence-corrected chi connectivity index (χ3v) is 5.37. The van der Waals surface area contributed by atoms with E-state index >= 15 is 0 Å². The summed E-state index contributed by atoms with van der Waals surface area (Å²) in [4.78, 5) is 2.61. The predicted molar refractivity (Wildman–Crippen MR) is 92.2 cm³/mol. The summed E-state index contributed by atoms with van der Waals surface area (Å²) in [5, 5.41) is 3.58. The summed E-state index contributed by atoms with van der Waals surface area (Å²) >= 11 is 3.77. The molecule has 1 saturated carbocycles. The Kier molecular flexibility index (Phi) is 5.03. The standard InChI is InChI=1S/C18H27BrN2/c1-13-7-14(2)11-21(10-13)12-16-4-3-15(8-18(16)19)9-20-17-5-6-17/h3-4,8,13-14,17,20H,5-7,9-12H2,1-2H3. The fourth-order valence-corrected chi connectivity index (χ4v) is 4.09. The summed E-state index contributed by atoms with van der Waals surface area (Å²) in [7, 11) is 0. The maximum atomic E-state index is 3.77. The van der Waals surface area contributed by atoms with Crippen molar-refractivity contribution in [3.05, 3.63) is 33.8 Å². The normalized spacial score (nSPS) is 27.0. The van der Waals surface area contributed by atoms with Gasteiger partial charge < -0.3 is 5.32 Å². The predicted octanol–water partition coefficient (Wildman–Crippen LogP) is 4.18. The van der Waals surface area contributed by atoms with Gasteiger partial charge in [-0.2, -0.15) is 0 Å². The lowest BCUT2D eigenvalue weighted by atomic mass is 9.91. The molecule has 0 bridgehead atoms. The average molecular weight is 351 g/mol. The van der Waals surface area contributed by atoms with Crippen LogP contribution in [0.15, 0.2) is 22.7 Å². The monoisotopic (exact) mass is 350 g/mol. The molecule has 2 unspecified atom stereocenters. The lowest BCUT2D eigenvalue weighted by Gasteiger charge is -2.35. The Bertz CT molecular complexity index is 474. The first-order chi connectivity index (χ1) is 10.1. The van der Waals surface area contributed by atoms with Crippen LogP contribution < -0.4 is 5.32 Å². The van der Waals surface area contributed by atoms with E-state index in [0.29, 0.717) is 0 Å². The first kappa shape index (κ1) is 15.5. The van der Waals surface area contributed by atoms with Gasteiger partial charge in [-0.25, -0.2) is 0 Å². The molecule has 1 aliphatic carbocycles. The topological polar surface area (TPSA) is 15.3 Å². The molecular weight excluding hydrogens is 324 g/mol. The van der Waals surface area contributed by atoms with Gasteiger partial charge in [-0.05, 0) is 48.3 Å². The van der Waals surface area contributed by atoms with Crippen LogP contribution in [-0.2, 0) is 13.1 Å². The maximum absolute atomic E-state index is 3.77. The molecule has 1 N–H and O–H groups in total. The van der Waals surface area contributed by atoms with Crippen molar-refractivity contribution in [2.75, 3.05) is 13.1 Å². The molecule has 0 aromatic heterocycles. The summed E-state index contributed by atoms with van der Waals surface area (Å²) in [5.41, 5.74) is 2.81. The molecule has 116 valence electrons. The molecule has 3 rings (SSSR count). The molecule has 1 aliphatic heterocycles. The van der Waals surface area contributed by atoms with E-state index in [1.807, 2.05) is 0 Å². The maximum Gasteiger partial charge on any atom is 0.0245 e. The van der Waals surface area contributed by atoms with Crippen molar-refractivity contribution in [1.82, 2.24) is 10.2 Å². The van der Waals surface area contributed by atoms with E-state index in [4.69, 9.17) is 0 Å². The number of benzene rings is 1. The highest BCUT2D eigenvalue weighted by Gasteiger charge is 2.22. The molecule has 3 heteroatoms. The van der Waals surface area contributed by atoms with Crippen LogP contribution in [0.5, 0.6) is 0 Å². The van der Waals surface area contributed by atoms with Gasteiger partial charge in [0.1, 0.15) is 0 Å². The number of hydrogen-bond acceptors (Lipinski definition) is 2. The largest absolute Gasteiger partial charge is 0.310 e. The van der Waals surface area contributed by atoms with Crippen molar-refractivity contribution in [2.24, 2.45) is 11.8 Å². The highest BCUT2D eigenvalue weighted by molar-refractivity contribution is 9.10. The lowest BCUT2D eigenvalue weighted by Crippen LogP contribution is -2.38. The second-order valence-corrected chi connectivity index (χ2v) is 8.08. The van der Waals surface area contributed by atoms with Crippen LogP contribution in [0.3, 0.4) is 0 Å². The van der Waals surface area contributed by atoms with Crippen molar-refractivity contribution in [1.29, 1.82) is 0 Å². The van der Waals surface area contributed by atoms with Crippen LogP contribution in [0.2, 0.25) is 0 Å². The summed E-state index contributed by atoms with van der Waals surface area (Å²) in [5.74, 6) is 1.66. The van der Waals surface area contributed by atoms with Gasteiger partial charge in [-0.1, -0.05) is 41.9 Å². The van der Waals surface area contributed by atoms with Crippen LogP contribution in [0.25, 0.3) is 0 Å². The minimum atomic E-state index is 0.778. The van der Waals surface area contributed by atoms with E-state index < -0.39 is 0 Å². The van der Waals surface area contributed by atoms with E-state index in [2.05, 4.69) is 58.2 Å². The average Bonchev–Trinajstić information content (AvgIpc) is 3.22. The van der Waals surface area contributed by atoms with Gasteiger partial charge in [0.05, 0.1) is 0 Å². The Balaban J connectivity index is 1.59. The SMILES string of the molecule is CC1CC(C)CN(Cc2ccc(CNC3CC3)cc2Br)C1. The molecule has 1 saturated heterocycles. The van der Waals surface area contributed by atoms with Gasteiger partial charge in [-0.15, -0.1) is 0 Å². The molecule has 1 heterocycles. The Morgan fingerprint density at radius 1 is 1.19 bits per heavy atom. The molecule has 2 nitrogen and oxygen atoms in total. The Morgan fingerprint density at radius 3 is 2.52 bits per heavy atom. The molecule has 0 spiro atoms. The number of nitrogens with zero attached hydrogens (tertiary/aromatic N) is 1. The summed E-state index contributed by atoms with van der Waals surface area (Å²) in [6, 6.07) is 7.66. The second kappa shape index (κ2) is 6.80. The highest BCUT2D eigenvalue weighted by atomic mass is 79.9. The highest BCUT2D eigenvalue weighted by Crippen LogP contribution is 2.26. The molecular formula is C18H27BrN2. The molecule has 2 atom stereocenters. The zero-order valence-corrected chi connectivity index (χ0v) is 14.8. The summed E-state index contributed by atoms with van der Waals surface area (Å²) in [6.07, 6.45) is 4.08. The zero-order valence-electron chi connectivity index (χ0n) is 13.2. The molecule has 21 heavy (non-hydrogen) atoms. The Morgan fingerprint density at radius 2 is 1.90 bits per heavy atom. The van der Waals surface area contributed by atoms with Crippen molar-refractivity contribution in [3.63, 3.8) is 0 Å². The van der Waals surface area contributed by atoms with Crippen LogP contribution in [0.4, 0.5) is 0 Å². The molecule has 1 aromatic rings. The zero-order chi connectivity index (χ0) is 14.8. The van der Waals surface area contributed by atoms with E-state index in [1.165, 1.54) is 48.0 Å². The molecule has 1 aromatic carbocycles. The first-order valence-electron chi connectivity index (χ1n) is 8.33. The van der Waals surface area contributed by atoms with Crippen molar-refractivity contribution < 1.29 is 0 Å². The van der Waals surface area contributed by atoms with Crippen LogP contribution >= 0.6 is 15.9 Å². The fraction of sp³-hybridized carbons (Fsp3) is 0.667. The van der Waals surface area contributed by atoms with Gasteiger partial charge in [0, 0.05) is 36.7 Å². The van der Waals surface area contributed by atoms with Gasteiger partial charge in [0.2, 0.25) is 0 Å².